The molecule has 1 fully saturated rings. The minimum absolute atomic E-state index is 0.00811. The Morgan fingerprint density at radius 3 is 2.85 bits per heavy atom. The summed E-state index contributed by atoms with van der Waals surface area (Å²) in [6.45, 7) is 1.76. The molecule has 0 saturated heterocycles. The molecule has 1 N–H and O–H groups in total. The van der Waals surface area contributed by atoms with Crippen molar-refractivity contribution in [2.75, 3.05) is 12.9 Å². The molecule has 1 heterocycles. The molecule has 0 spiro atoms. The highest BCUT2D eigenvalue weighted by atomic mass is 32.2. The topological polar surface area (TPSA) is 73.2 Å². The quantitative estimate of drug-likeness (QED) is 0.860. The van der Waals surface area contributed by atoms with Crippen molar-refractivity contribution >= 4 is 10.0 Å². The largest absolute Gasteiger partial charge is 0.381 e. The summed E-state index contributed by atoms with van der Waals surface area (Å²) in [6, 6.07) is 1.89. The molecule has 1 aromatic heterocycles. The standard InChI is InChI=1S/C13H23N3O3S/c1-11(19-2)10-20(17,18)15-12-6-3-4-7-13(12)16-9-5-8-14-16/h5,8-9,11-13,15H,3-4,6-7,10H2,1-2H3/t11-,12-,13-/m1/s1. The predicted octanol–water partition coefficient (Wildman–Crippen LogP) is 1.32. The fraction of sp³-hybridized carbons (Fsp3) is 0.769. The number of rotatable bonds is 6. The smallest absolute Gasteiger partial charge is 0.214 e. The fourth-order valence-corrected chi connectivity index (χ4v) is 4.28. The van der Waals surface area contributed by atoms with Crippen LogP contribution in [0.3, 0.4) is 0 Å². The van der Waals surface area contributed by atoms with Gasteiger partial charge in [-0.05, 0) is 25.8 Å². The summed E-state index contributed by atoms with van der Waals surface area (Å²) in [6.07, 6.45) is 7.28. The number of sulfonamides is 1. The van der Waals surface area contributed by atoms with Crippen LogP contribution in [0.5, 0.6) is 0 Å². The van der Waals surface area contributed by atoms with Crippen LogP contribution in [0.1, 0.15) is 38.6 Å². The van der Waals surface area contributed by atoms with Gasteiger partial charge in [-0.2, -0.15) is 5.10 Å². The lowest BCUT2D eigenvalue weighted by Gasteiger charge is -2.32. The average Bonchev–Trinajstić information content (AvgIpc) is 2.92. The first-order chi connectivity index (χ1) is 9.52. The molecule has 20 heavy (non-hydrogen) atoms. The minimum Gasteiger partial charge on any atom is -0.381 e. The normalized spacial score (nSPS) is 25.5. The van der Waals surface area contributed by atoms with E-state index in [1.54, 1.807) is 13.1 Å². The second-order valence-corrected chi connectivity index (χ2v) is 7.19. The number of ether oxygens (including phenoxy) is 1. The molecule has 1 aromatic rings. The highest BCUT2D eigenvalue weighted by Crippen LogP contribution is 2.28. The third-order valence-electron chi connectivity index (χ3n) is 3.78. The Morgan fingerprint density at radius 2 is 2.20 bits per heavy atom. The molecule has 0 aromatic carbocycles. The van der Waals surface area contributed by atoms with E-state index in [0.29, 0.717) is 0 Å². The summed E-state index contributed by atoms with van der Waals surface area (Å²) in [7, 11) is -1.81. The Bertz CT molecular complexity index is 501. The highest BCUT2D eigenvalue weighted by molar-refractivity contribution is 7.89. The minimum atomic E-state index is -3.33. The second-order valence-electron chi connectivity index (χ2n) is 5.39. The van der Waals surface area contributed by atoms with Crippen molar-refractivity contribution in [3.63, 3.8) is 0 Å². The molecule has 0 unspecified atom stereocenters. The number of hydrogen-bond donors (Lipinski definition) is 1. The summed E-state index contributed by atoms with van der Waals surface area (Å²) in [5, 5.41) is 4.25. The Balaban J connectivity index is 2.05. The van der Waals surface area contributed by atoms with Gasteiger partial charge in [0.2, 0.25) is 10.0 Å². The maximum absolute atomic E-state index is 12.2. The van der Waals surface area contributed by atoms with E-state index in [9.17, 15) is 8.42 Å². The van der Waals surface area contributed by atoms with E-state index in [-0.39, 0.29) is 23.9 Å². The van der Waals surface area contributed by atoms with Crippen LogP contribution in [0.4, 0.5) is 0 Å². The predicted molar refractivity (Wildman–Crippen MR) is 76.9 cm³/mol. The first kappa shape index (κ1) is 15.5. The van der Waals surface area contributed by atoms with Gasteiger partial charge in [0.25, 0.3) is 0 Å². The van der Waals surface area contributed by atoms with Gasteiger partial charge >= 0.3 is 0 Å². The van der Waals surface area contributed by atoms with E-state index in [0.717, 1.165) is 25.7 Å². The molecule has 114 valence electrons. The number of nitrogens with zero attached hydrogens (tertiary/aromatic N) is 2. The van der Waals surface area contributed by atoms with Crippen LogP contribution in [0.15, 0.2) is 18.5 Å². The van der Waals surface area contributed by atoms with Crippen LogP contribution >= 0.6 is 0 Å². The van der Waals surface area contributed by atoms with E-state index in [1.807, 2.05) is 16.9 Å². The lowest BCUT2D eigenvalue weighted by Crippen LogP contribution is -2.45. The molecule has 0 aliphatic heterocycles. The van der Waals surface area contributed by atoms with Crippen molar-refractivity contribution in [3.05, 3.63) is 18.5 Å². The molecule has 7 heteroatoms. The molecule has 2 rings (SSSR count). The zero-order valence-electron chi connectivity index (χ0n) is 12.0. The van der Waals surface area contributed by atoms with Crippen LogP contribution in [-0.4, -0.2) is 43.2 Å². The molecule has 0 amide bonds. The van der Waals surface area contributed by atoms with Crippen LogP contribution in [-0.2, 0) is 14.8 Å². The average molecular weight is 301 g/mol. The SMILES string of the molecule is CO[C@H](C)CS(=O)(=O)N[C@@H]1CCCC[C@H]1n1cccn1. The molecule has 1 aliphatic rings. The molecule has 1 saturated carbocycles. The molecule has 0 radical (unpaired) electrons. The van der Waals surface area contributed by atoms with E-state index >= 15 is 0 Å². The van der Waals surface area contributed by atoms with Gasteiger partial charge in [-0.25, -0.2) is 13.1 Å². The first-order valence-corrected chi connectivity index (χ1v) is 8.69. The molecule has 3 atom stereocenters. The molecular formula is C13H23N3O3S. The summed E-state index contributed by atoms with van der Waals surface area (Å²) in [5.41, 5.74) is 0. The molecular weight excluding hydrogens is 278 g/mol. The lowest BCUT2D eigenvalue weighted by atomic mass is 9.91. The van der Waals surface area contributed by atoms with Crippen LogP contribution < -0.4 is 4.72 Å². The van der Waals surface area contributed by atoms with Crippen LogP contribution in [0.25, 0.3) is 0 Å². The zero-order chi connectivity index (χ0) is 14.6. The van der Waals surface area contributed by atoms with E-state index in [1.165, 1.54) is 7.11 Å². The molecule has 1 aliphatic carbocycles. The Labute approximate surface area is 120 Å². The third-order valence-corrected chi connectivity index (χ3v) is 5.35. The maximum atomic E-state index is 12.2. The summed E-state index contributed by atoms with van der Waals surface area (Å²) in [4.78, 5) is 0. The van der Waals surface area contributed by atoms with E-state index in [4.69, 9.17) is 4.74 Å². The fourth-order valence-electron chi connectivity index (χ4n) is 2.70. The van der Waals surface area contributed by atoms with Crippen molar-refractivity contribution in [3.8, 4) is 0 Å². The second kappa shape index (κ2) is 6.69. The molecule has 6 nitrogen and oxygen atoms in total. The highest BCUT2D eigenvalue weighted by Gasteiger charge is 2.30. The third kappa shape index (κ3) is 4.04. The van der Waals surface area contributed by atoms with Crippen molar-refractivity contribution in [2.45, 2.75) is 50.8 Å². The summed E-state index contributed by atoms with van der Waals surface area (Å²) < 4.78 is 34.1. The van der Waals surface area contributed by atoms with Gasteiger partial charge in [0.1, 0.15) is 0 Å². The van der Waals surface area contributed by atoms with Gasteiger partial charge < -0.3 is 4.74 Å². The van der Waals surface area contributed by atoms with Crippen molar-refractivity contribution < 1.29 is 13.2 Å². The van der Waals surface area contributed by atoms with Gasteiger partial charge in [0.05, 0.1) is 17.9 Å². The zero-order valence-corrected chi connectivity index (χ0v) is 12.8. The number of aromatic nitrogens is 2. The number of hydrogen-bond acceptors (Lipinski definition) is 4. The van der Waals surface area contributed by atoms with Gasteiger partial charge in [-0.3, -0.25) is 4.68 Å². The van der Waals surface area contributed by atoms with Crippen molar-refractivity contribution in [2.24, 2.45) is 0 Å². The van der Waals surface area contributed by atoms with Gasteiger partial charge in [0, 0.05) is 25.5 Å². The molecule has 0 bridgehead atoms. The monoisotopic (exact) mass is 301 g/mol. The van der Waals surface area contributed by atoms with E-state index < -0.39 is 10.0 Å². The summed E-state index contributed by atoms with van der Waals surface area (Å²) >= 11 is 0. The first-order valence-electron chi connectivity index (χ1n) is 7.04. The van der Waals surface area contributed by atoms with Gasteiger partial charge in [-0.1, -0.05) is 12.8 Å². The van der Waals surface area contributed by atoms with Crippen molar-refractivity contribution in [1.29, 1.82) is 0 Å². The Kier molecular flexibility index (Phi) is 5.17. The van der Waals surface area contributed by atoms with Crippen LogP contribution in [0, 0.1) is 0 Å². The van der Waals surface area contributed by atoms with Gasteiger partial charge in [-0.15, -0.1) is 0 Å². The maximum Gasteiger partial charge on any atom is 0.214 e. The van der Waals surface area contributed by atoms with Gasteiger partial charge in [0.15, 0.2) is 0 Å². The van der Waals surface area contributed by atoms with E-state index in [2.05, 4.69) is 9.82 Å². The Hall–Kier alpha value is -0.920. The number of methoxy groups -OCH3 is 1. The lowest BCUT2D eigenvalue weighted by molar-refractivity contribution is 0.135. The Morgan fingerprint density at radius 1 is 1.45 bits per heavy atom. The van der Waals surface area contributed by atoms with Crippen molar-refractivity contribution in [1.82, 2.24) is 14.5 Å². The summed E-state index contributed by atoms with van der Waals surface area (Å²) in [5.74, 6) is -0.00811. The van der Waals surface area contributed by atoms with Crippen LogP contribution in [0.2, 0.25) is 0 Å². The number of nitrogens with one attached hydrogen (secondary N) is 1.